The van der Waals surface area contributed by atoms with E-state index in [1.165, 1.54) is 0 Å². The molecule has 2 aromatic rings. The molecule has 3 rings (SSSR count). The third kappa shape index (κ3) is 2.08. The quantitative estimate of drug-likeness (QED) is 0.783. The fourth-order valence-electron chi connectivity index (χ4n) is 2.24. The van der Waals surface area contributed by atoms with Gasteiger partial charge in [-0.1, -0.05) is 22.0 Å². The van der Waals surface area contributed by atoms with Crippen LogP contribution in [0.5, 0.6) is 0 Å². The zero-order valence-corrected chi connectivity index (χ0v) is 11.4. The van der Waals surface area contributed by atoms with Crippen molar-refractivity contribution in [3.8, 4) is 5.69 Å². The number of benzene rings is 1. The topological polar surface area (TPSA) is 25.2 Å². The number of carbonyl (C=O) groups is 1. The van der Waals surface area contributed by atoms with Gasteiger partial charge < -0.3 is 9.47 Å². The molecule has 3 nitrogen and oxygen atoms in total. The molecule has 18 heavy (non-hydrogen) atoms. The molecule has 1 aromatic carbocycles. The summed E-state index contributed by atoms with van der Waals surface area (Å²) in [5.74, 6) is 0.182. The van der Waals surface area contributed by atoms with Gasteiger partial charge in [-0.2, -0.15) is 0 Å². The van der Waals surface area contributed by atoms with E-state index in [0.29, 0.717) is 6.42 Å². The predicted molar refractivity (Wildman–Crippen MR) is 75.5 cm³/mol. The summed E-state index contributed by atoms with van der Waals surface area (Å²) in [6.07, 6.45) is 4.57. The molecule has 1 aromatic heterocycles. The van der Waals surface area contributed by atoms with Gasteiger partial charge in [0.15, 0.2) is 0 Å². The Kier molecular flexibility index (Phi) is 2.96. The third-order valence-corrected chi connectivity index (χ3v) is 3.74. The lowest BCUT2D eigenvalue weighted by Crippen LogP contribution is -2.24. The molecule has 1 saturated heterocycles. The zero-order chi connectivity index (χ0) is 12.5. The highest BCUT2D eigenvalue weighted by atomic mass is 79.9. The molecule has 1 aliphatic rings. The largest absolute Gasteiger partial charge is 0.324 e. The second-order valence-corrected chi connectivity index (χ2v) is 5.71. The normalized spacial score (nSPS) is 19.5. The van der Waals surface area contributed by atoms with E-state index in [2.05, 4.69) is 15.9 Å². The summed E-state index contributed by atoms with van der Waals surface area (Å²) >= 11 is 3.51. The van der Waals surface area contributed by atoms with Crippen LogP contribution < -0.4 is 4.90 Å². The number of alkyl halides is 1. The maximum atomic E-state index is 11.9. The summed E-state index contributed by atoms with van der Waals surface area (Å²) in [7, 11) is 0. The SMILES string of the molecule is O=C1CC(Br)CN1c1cccc(-n2cccc2)c1. The van der Waals surface area contributed by atoms with Crippen molar-refractivity contribution in [1.82, 2.24) is 4.57 Å². The molecule has 0 N–H and O–H groups in total. The number of hydrogen-bond acceptors (Lipinski definition) is 1. The Balaban J connectivity index is 1.94. The Morgan fingerprint density at radius 1 is 1.11 bits per heavy atom. The minimum atomic E-state index is 0.182. The Morgan fingerprint density at radius 3 is 2.50 bits per heavy atom. The Bertz CT molecular complexity index is 565. The van der Waals surface area contributed by atoms with Crippen molar-refractivity contribution in [2.75, 3.05) is 11.4 Å². The summed E-state index contributed by atoms with van der Waals surface area (Å²) in [4.78, 5) is 14.0. The van der Waals surface area contributed by atoms with Gasteiger partial charge in [-0.3, -0.25) is 4.79 Å². The Hall–Kier alpha value is -1.55. The molecule has 0 radical (unpaired) electrons. The lowest BCUT2D eigenvalue weighted by atomic mass is 10.2. The summed E-state index contributed by atoms with van der Waals surface area (Å²) in [5, 5.41) is 0. The first-order chi connectivity index (χ1) is 8.74. The lowest BCUT2D eigenvalue weighted by Gasteiger charge is -2.17. The molecule has 0 bridgehead atoms. The number of hydrogen-bond donors (Lipinski definition) is 0. The van der Waals surface area contributed by atoms with E-state index in [9.17, 15) is 4.79 Å². The lowest BCUT2D eigenvalue weighted by molar-refractivity contribution is -0.117. The third-order valence-electron chi connectivity index (χ3n) is 3.12. The van der Waals surface area contributed by atoms with Gasteiger partial charge in [-0.05, 0) is 30.3 Å². The van der Waals surface area contributed by atoms with Crippen LogP contribution in [-0.4, -0.2) is 21.8 Å². The smallest absolute Gasteiger partial charge is 0.228 e. The van der Waals surface area contributed by atoms with Crippen molar-refractivity contribution >= 4 is 27.5 Å². The van der Waals surface area contributed by atoms with Crippen LogP contribution in [0.2, 0.25) is 0 Å². The van der Waals surface area contributed by atoms with E-state index in [1.54, 1.807) is 0 Å². The van der Waals surface area contributed by atoms with E-state index < -0.39 is 0 Å². The van der Waals surface area contributed by atoms with Crippen LogP contribution >= 0.6 is 15.9 Å². The van der Waals surface area contributed by atoms with Crippen LogP contribution in [0, 0.1) is 0 Å². The maximum Gasteiger partial charge on any atom is 0.228 e. The summed E-state index contributed by atoms with van der Waals surface area (Å²) in [5.41, 5.74) is 2.04. The highest BCUT2D eigenvalue weighted by molar-refractivity contribution is 9.09. The first kappa shape index (κ1) is 11.5. The van der Waals surface area contributed by atoms with Gasteiger partial charge in [0.1, 0.15) is 0 Å². The second-order valence-electron chi connectivity index (χ2n) is 4.42. The monoisotopic (exact) mass is 304 g/mol. The molecule has 0 aliphatic carbocycles. The van der Waals surface area contributed by atoms with Crippen molar-refractivity contribution in [2.45, 2.75) is 11.2 Å². The van der Waals surface area contributed by atoms with Crippen LogP contribution in [0.3, 0.4) is 0 Å². The molecule has 0 saturated carbocycles. The molecular weight excluding hydrogens is 292 g/mol. The van der Waals surface area contributed by atoms with E-state index in [4.69, 9.17) is 0 Å². The molecule has 0 spiro atoms. The van der Waals surface area contributed by atoms with Crippen LogP contribution in [0.4, 0.5) is 5.69 Å². The van der Waals surface area contributed by atoms with Gasteiger partial charge in [0.2, 0.25) is 5.91 Å². The highest BCUT2D eigenvalue weighted by Gasteiger charge is 2.28. The molecule has 1 aliphatic heterocycles. The van der Waals surface area contributed by atoms with Crippen LogP contribution in [0.15, 0.2) is 48.8 Å². The minimum absolute atomic E-state index is 0.182. The van der Waals surface area contributed by atoms with Crippen LogP contribution in [0.1, 0.15) is 6.42 Å². The van der Waals surface area contributed by atoms with E-state index in [1.807, 2.05) is 58.3 Å². The van der Waals surface area contributed by atoms with E-state index in [-0.39, 0.29) is 10.7 Å². The van der Waals surface area contributed by atoms with Crippen LogP contribution in [-0.2, 0) is 4.79 Å². The predicted octanol–water partition coefficient (Wildman–Crippen LogP) is 2.98. The van der Waals surface area contributed by atoms with Gasteiger partial charge >= 0.3 is 0 Å². The van der Waals surface area contributed by atoms with Crippen molar-refractivity contribution in [3.63, 3.8) is 0 Å². The fraction of sp³-hybridized carbons (Fsp3) is 0.214. The standard InChI is InChI=1S/C14H13BrN2O/c15-11-8-14(18)17(10-11)13-5-3-4-12(9-13)16-6-1-2-7-16/h1-7,9,11H,8,10H2. The van der Waals surface area contributed by atoms with Gasteiger partial charge in [0, 0.05) is 41.6 Å². The number of halogens is 1. The number of anilines is 1. The van der Waals surface area contributed by atoms with E-state index in [0.717, 1.165) is 17.9 Å². The second kappa shape index (κ2) is 4.61. The van der Waals surface area contributed by atoms with E-state index >= 15 is 0 Å². The van der Waals surface area contributed by atoms with Gasteiger partial charge in [0.05, 0.1) is 0 Å². The molecule has 4 heteroatoms. The maximum absolute atomic E-state index is 11.9. The van der Waals surface area contributed by atoms with Crippen molar-refractivity contribution in [1.29, 1.82) is 0 Å². The van der Waals surface area contributed by atoms with Gasteiger partial charge in [-0.25, -0.2) is 0 Å². The van der Waals surface area contributed by atoms with Crippen molar-refractivity contribution in [2.24, 2.45) is 0 Å². The first-order valence-corrected chi connectivity index (χ1v) is 6.83. The molecule has 92 valence electrons. The molecule has 1 unspecified atom stereocenters. The Morgan fingerprint density at radius 2 is 1.83 bits per heavy atom. The zero-order valence-electron chi connectivity index (χ0n) is 9.79. The van der Waals surface area contributed by atoms with Crippen LogP contribution in [0.25, 0.3) is 5.69 Å². The van der Waals surface area contributed by atoms with Crippen molar-refractivity contribution in [3.05, 3.63) is 48.8 Å². The molecule has 2 heterocycles. The van der Waals surface area contributed by atoms with Crippen molar-refractivity contribution < 1.29 is 4.79 Å². The van der Waals surface area contributed by atoms with Gasteiger partial charge in [-0.15, -0.1) is 0 Å². The average molecular weight is 305 g/mol. The number of rotatable bonds is 2. The molecule has 1 amide bonds. The number of nitrogens with zero attached hydrogens (tertiary/aromatic N) is 2. The molecular formula is C14H13BrN2O. The first-order valence-electron chi connectivity index (χ1n) is 5.92. The van der Waals surface area contributed by atoms with Gasteiger partial charge in [0.25, 0.3) is 0 Å². The number of amides is 1. The highest BCUT2D eigenvalue weighted by Crippen LogP contribution is 2.26. The minimum Gasteiger partial charge on any atom is -0.324 e. The molecule has 1 atom stereocenters. The molecule has 1 fully saturated rings. The average Bonchev–Trinajstić information content (AvgIpc) is 2.99. The Labute approximate surface area is 114 Å². The summed E-state index contributed by atoms with van der Waals surface area (Å²) in [6.45, 7) is 0.744. The fourth-order valence-corrected chi connectivity index (χ4v) is 2.81. The number of aromatic nitrogens is 1. The summed E-state index contributed by atoms with van der Waals surface area (Å²) in [6, 6.07) is 12.0. The summed E-state index contributed by atoms with van der Waals surface area (Å²) < 4.78 is 2.04. The number of carbonyl (C=O) groups excluding carboxylic acids is 1.